The fourth-order valence-electron chi connectivity index (χ4n) is 3.29. The van der Waals surface area contributed by atoms with Crippen molar-refractivity contribution in [3.05, 3.63) is 0 Å². The molecule has 1 N–H and O–H groups in total. The molecule has 0 radical (unpaired) electrons. The second-order valence-electron chi connectivity index (χ2n) is 6.18. The summed E-state index contributed by atoms with van der Waals surface area (Å²) in [5, 5.41) is 3.34. The second kappa shape index (κ2) is 10.7. The van der Waals surface area contributed by atoms with Gasteiger partial charge < -0.3 is 15.1 Å². The fraction of sp³-hybridized carbons (Fsp3) is 0.933. The molecule has 0 aromatic carbocycles. The van der Waals surface area contributed by atoms with E-state index in [2.05, 4.69) is 17.3 Å². The van der Waals surface area contributed by atoms with E-state index in [0.29, 0.717) is 6.04 Å². The molecule has 0 aliphatic carbocycles. The van der Waals surface area contributed by atoms with Crippen LogP contribution in [0.2, 0.25) is 0 Å². The predicted molar refractivity (Wildman–Crippen MR) is 92.7 cm³/mol. The van der Waals surface area contributed by atoms with E-state index in [1.807, 2.05) is 11.9 Å². The molecule has 2 rings (SSSR count). The molecule has 126 valence electrons. The van der Waals surface area contributed by atoms with Crippen LogP contribution in [-0.4, -0.2) is 61.5 Å². The number of halogens is 2. The summed E-state index contributed by atoms with van der Waals surface area (Å²) in [4.78, 5) is 16.7. The molecule has 0 aromatic heterocycles. The summed E-state index contributed by atoms with van der Waals surface area (Å²) in [6.07, 6.45) is 8.48. The van der Waals surface area contributed by atoms with Crippen LogP contribution in [0.1, 0.15) is 44.9 Å². The topological polar surface area (TPSA) is 35.6 Å². The maximum absolute atomic E-state index is 12.3. The molecule has 2 fully saturated rings. The van der Waals surface area contributed by atoms with Crippen molar-refractivity contribution in [2.45, 2.75) is 57.0 Å². The highest BCUT2D eigenvalue weighted by molar-refractivity contribution is 5.85. The summed E-state index contributed by atoms with van der Waals surface area (Å²) < 4.78 is 0. The Bertz CT molecular complexity index is 299. The Hall–Kier alpha value is -0.0300. The number of nitrogens with one attached hydrogen (secondary N) is 1. The monoisotopic (exact) mass is 339 g/mol. The Morgan fingerprint density at radius 1 is 1.19 bits per heavy atom. The van der Waals surface area contributed by atoms with E-state index in [4.69, 9.17) is 0 Å². The molecule has 0 spiro atoms. The summed E-state index contributed by atoms with van der Waals surface area (Å²) >= 11 is 0. The van der Waals surface area contributed by atoms with Gasteiger partial charge in [0.25, 0.3) is 0 Å². The van der Waals surface area contributed by atoms with Crippen LogP contribution in [0.15, 0.2) is 0 Å². The Labute approximate surface area is 141 Å². The lowest BCUT2D eigenvalue weighted by molar-refractivity contribution is -0.132. The van der Waals surface area contributed by atoms with E-state index in [9.17, 15) is 4.79 Å². The summed E-state index contributed by atoms with van der Waals surface area (Å²) in [5.74, 6) is 0.290. The van der Waals surface area contributed by atoms with Gasteiger partial charge in [-0.05, 0) is 52.2 Å². The highest BCUT2D eigenvalue weighted by Gasteiger charge is 2.25. The zero-order chi connectivity index (χ0) is 13.7. The zero-order valence-corrected chi connectivity index (χ0v) is 15.0. The quantitative estimate of drug-likeness (QED) is 0.853. The second-order valence-corrected chi connectivity index (χ2v) is 6.18. The molecule has 2 aliphatic heterocycles. The normalized spacial score (nSPS) is 26.4. The number of likely N-dealkylation sites (N-methyl/N-ethyl adjacent to an activating group) is 1. The summed E-state index contributed by atoms with van der Waals surface area (Å²) in [5.41, 5.74) is 0. The van der Waals surface area contributed by atoms with Crippen molar-refractivity contribution in [3.8, 4) is 0 Å². The number of hydrogen-bond acceptors (Lipinski definition) is 3. The largest absolute Gasteiger partial charge is 0.344 e. The van der Waals surface area contributed by atoms with Gasteiger partial charge in [0.2, 0.25) is 5.91 Å². The van der Waals surface area contributed by atoms with Crippen LogP contribution in [-0.2, 0) is 4.79 Å². The van der Waals surface area contributed by atoms with Crippen molar-refractivity contribution >= 4 is 30.7 Å². The molecular weight excluding hydrogens is 309 g/mol. The molecule has 0 bridgehead atoms. The minimum atomic E-state index is 0. The minimum Gasteiger partial charge on any atom is -0.344 e. The smallest absolute Gasteiger partial charge is 0.239 e. The summed E-state index contributed by atoms with van der Waals surface area (Å²) in [6.45, 7) is 3.11. The van der Waals surface area contributed by atoms with Crippen molar-refractivity contribution in [2.75, 3.05) is 33.7 Å². The molecule has 4 nitrogen and oxygen atoms in total. The SMILES string of the molecule is CN(CCC1CCCCN1C)C(=O)C1CCCCN1.Cl.Cl. The maximum Gasteiger partial charge on any atom is 0.239 e. The van der Waals surface area contributed by atoms with Crippen molar-refractivity contribution in [1.82, 2.24) is 15.1 Å². The van der Waals surface area contributed by atoms with Gasteiger partial charge >= 0.3 is 0 Å². The van der Waals surface area contributed by atoms with E-state index >= 15 is 0 Å². The van der Waals surface area contributed by atoms with E-state index in [1.54, 1.807) is 0 Å². The number of rotatable bonds is 4. The number of hydrogen-bond donors (Lipinski definition) is 1. The third-order valence-corrected chi connectivity index (χ3v) is 4.70. The molecule has 0 saturated carbocycles. The summed E-state index contributed by atoms with van der Waals surface area (Å²) in [7, 11) is 4.18. The lowest BCUT2D eigenvalue weighted by atomic mass is 9.99. The Morgan fingerprint density at radius 2 is 1.90 bits per heavy atom. The van der Waals surface area contributed by atoms with Crippen molar-refractivity contribution in [1.29, 1.82) is 0 Å². The molecule has 0 aromatic rings. The molecule has 2 heterocycles. The van der Waals surface area contributed by atoms with Crippen LogP contribution in [0.25, 0.3) is 0 Å². The summed E-state index contributed by atoms with van der Waals surface area (Å²) in [6, 6.07) is 0.742. The molecular formula is C15H31Cl2N3O. The van der Waals surface area contributed by atoms with Gasteiger partial charge in [0.15, 0.2) is 0 Å². The van der Waals surface area contributed by atoms with Gasteiger partial charge in [-0.25, -0.2) is 0 Å². The Morgan fingerprint density at radius 3 is 2.52 bits per heavy atom. The van der Waals surface area contributed by atoms with Crippen LogP contribution in [0.5, 0.6) is 0 Å². The first-order valence-electron chi connectivity index (χ1n) is 7.87. The zero-order valence-electron chi connectivity index (χ0n) is 13.3. The molecule has 2 unspecified atom stereocenters. The van der Waals surface area contributed by atoms with Crippen LogP contribution in [0.4, 0.5) is 0 Å². The highest BCUT2D eigenvalue weighted by Crippen LogP contribution is 2.18. The maximum atomic E-state index is 12.3. The Balaban J connectivity index is 0.00000200. The molecule has 1 amide bonds. The number of carbonyl (C=O) groups excluding carboxylic acids is 1. The molecule has 2 aliphatic rings. The predicted octanol–water partition coefficient (Wildman–Crippen LogP) is 2.30. The van der Waals surface area contributed by atoms with E-state index in [0.717, 1.165) is 25.9 Å². The van der Waals surface area contributed by atoms with Crippen molar-refractivity contribution in [2.24, 2.45) is 0 Å². The van der Waals surface area contributed by atoms with Gasteiger partial charge in [-0.1, -0.05) is 12.8 Å². The first-order valence-corrected chi connectivity index (χ1v) is 7.87. The van der Waals surface area contributed by atoms with Crippen LogP contribution >= 0.6 is 24.8 Å². The van der Waals surface area contributed by atoms with E-state index in [-0.39, 0.29) is 36.8 Å². The lowest BCUT2D eigenvalue weighted by Crippen LogP contribution is -2.48. The van der Waals surface area contributed by atoms with Gasteiger partial charge in [0.1, 0.15) is 0 Å². The van der Waals surface area contributed by atoms with Crippen molar-refractivity contribution in [3.63, 3.8) is 0 Å². The average Bonchev–Trinajstić information content (AvgIpc) is 2.46. The van der Waals surface area contributed by atoms with Crippen LogP contribution in [0, 0.1) is 0 Å². The van der Waals surface area contributed by atoms with E-state index < -0.39 is 0 Å². The molecule has 6 heteroatoms. The third-order valence-electron chi connectivity index (χ3n) is 4.70. The highest BCUT2D eigenvalue weighted by atomic mass is 35.5. The molecule has 21 heavy (non-hydrogen) atoms. The fourth-order valence-corrected chi connectivity index (χ4v) is 3.29. The first kappa shape index (κ1) is 21.0. The number of nitrogens with zero attached hydrogens (tertiary/aromatic N) is 2. The van der Waals surface area contributed by atoms with Gasteiger partial charge in [-0.15, -0.1) is 24.8 Å². The third kappa shape index (κ3) is 6.31. The van der Waals surface area contributed by atoms with Gasteiger partial charge in [0, 0.05) is 19.6 Å². The van der Waals surface area contributed by atoms with Gasteiger partial charge in [-0.3, -0.25) is 4.79 Å². The van der Waals surface area contributed by atoms with E-state index in [1.165, 1.54) is 38.6 Å². The lowest BCUT2D eigenvalue weighted by Gasteiger charge is -2.34. The minimum absolute atomic E-state index is 0. The standard InChI is InChI=1S/C15H29N3O.2ClH/c1-17-11-6-4-7-13(17)9-12-18(2)15(19)14-8-3-5-10-16-14;;/h13-14,16H,3-12H2,1-2H3;2*1H. The first-order chi connectivity index (χ1) is 9.18. The Kier molecular flexibility index (Phi) is 10.6. The average molecular weight is 340 g/mol. The molecule has 2 saturated heterocycles. The number of carbonyl (C=O) groups is 1. The number of amides is 1. The van der Waals surface area contributed by atoms with Gasteiger partial charge in [0.05, 0.1) is 6.04 Å². The number of piperidine rings is 2. The van der Waals surface area contributed by atoms with Crippen molar-refractivity contribution < 1.29 is 4.79 Å². The number of likely N-dealkylation sites (tertiary alicyclic amines) is 1. The van der Waals surface area contributed by atoms with Crippen LogP contribution in [0.3, 0.4) is 0 Å². The van der Waals surface area contributed by atoms with Crippen LogP contribution < -0.4 is 5.32 Å². The molecule has 2 atom stereocenters. The van der Waals surface area contributed by atoms with Gasteiger partial charge in [-0.2, -0.15) is 0 Å².